The molecule has 0 aliphatic carbocycles. The van der Waals surface area contributed by atoms with Crippen LogP contribution in [0.3, 0.4) is 0 Å². The van der Waals surface area contributed by atoms with Gasteiger partial charge in [-0.3, -0.25) is 14.4 Å². The van der Waals surface area contributed by atoms with E-state index >= 15 is 0 Å². The number of rotatable bonds is 9. The molecule has 0 atom stereocenters. The predicted octanol–water partition coefficient (Wildman–Crippen LogP) is 5.00. The van der Waals surface area contributed by atoms with E-state index in [0.29, 0.717) is 34.7 Å². The number of anilines is 2. The second-order valence-electron chi connectivity index (χ2n) is 9.44. The number of methoxy groups -OCH3 is 1. The molecular weight excluding hydrogens is 430 g/mol. The highest BCUT2D eigenvalue weighted by Crippen LogP contribution is 2.34. The van der Waals surface area contributed by atoms with Crippen LogP contribution in [0.1, 0.15) is 77.9 Å². The number of nitrogens with one attached hydrogen (secondary N) is 3. The van der Waals surface area contributed by atoms with Gasteiger partial charge in [-0.1, -0.05) is 33.8 Å². The van der Waals surface area contributed by atoms with Crippen molar-refractivity contribution in [3.8, 4) is 5.75 Å². The van der Waals surface area contributed by atoms with Gasteiger partial charge in [0.15, 0.2) is 5.78 Å². The van der Waals surface area contributed by atoms with Crippen LogP contribution in [0, 0.1) is 13.8 Å². The largest absolute Gasteiger partial charge is 0.496 e. The fourth-order valence-corrected chi connectivity index (χ4v) is 4.09. The number of hydrogen-bond acceptors (Lipinski definition) is 5. The zero-order valence-corrected chi connectivity index (χ0v) is 21.6. The monoisotopic (exact) mass is 467 g/mol. The third-order valence-corrected chi connectivity index (χ3v) is 5.69. The lowest BCUT2D eigenvalue weighted by Crippen LogP contribution is -2.26. The fourth-order valence-electron chi connectivity index (χ4n) is 4.09. The summed E-state index contributed by atoms with van der Waals surface area (Å²) in [4.78, 5) is 37.9. The second kappa shape index (κ2) is 11.2. The highest BCUT2D eigenvalue weighted by Gasteiger charge is 2.22. The molecule has 0 aliphatic rings. The van der Waals surface area contributed by atoms with Crippen LogP contribution in [-0.2, 0) is 10.2 Å². The average Bonchev–Trinajstić information content (AvgIpc) is 2.76. The minimum Gasteiger partial charge on any atom is -0.496 e. The number of carbonyl (C=O) groups excluding carboxylic acids is 3. The summed E-state index contributed by atoms with van der Waals surface area (Å²) in [5, 5.41) is 8.69. The topological polar surface area (TPSA) is 96.5 Å². The summed E-state index contributed by atoms with van der Waals surface area (Å²) < 4.78 is 5.50. The Morgan fingerprint density at radius 3 is 2.26 bits per heavy atom. The molecule has 7 heteroatoms. The molecule has 2 aromatic rings. The SMILES string of the molecule is CCCC(=O)c1c(NCC(=O)Nc2cc(C(=O)NC)ccc2C(C)(C)C)cc(C)c(OC)c1C. The van der Waals surface area contributed by atoms with Gasteiger partial charge >= 0.3 is 0 Å². The van der Waals surface area contributed by atoms with E-state index in [1.165, 1.54) is 0 Å². The number of aryl methyl sites for hydroxylation is 1. The maximum Gasteiger partial charge on any atom is 0.251 e. The highest BCUT2D eigenvalue weighted by atomic mass is 16.5. The van der Waals surface area contributed by atoms with Gasteiger partial charge in [0.2, 0.25) is 5.91 Å². The molecule has 2 rings (SSSR count). The minimum atomic E-state index is -0.278. The van der Waals surface area contributed by atoms with Crippen molar-refractivity contribution in [2.45, 2.75) is 59.8 Å². The van der Waals surface area contributed by atoms with Gasteiger partial charge in [-0.15, -0.1) is 0 Å². The van der Waals surface area contributed by atoms with E-state index < -0.39 is 0 Å². The molecule has 0 heterocycles. The van der Waals surface area contributed by atoms with Crippen molar-refractivity contribution in [3.05, 3.63) is 52.1 Å². The smallest absolute Gasteiger partial charge is 0.251 e. The van der Waals surface area contributed by atoms with Gasteiger partial charge in [-0.25, -0.2) is 0 Å². The molecule has 184 valence electrons. The number of carbonyl (C=O) groups is 3. The van der Waals surface area contributed by atoms with Crippen molar-refractivity contribution in [1.29, 1.82) is 0 Å². The Labute approximate surface area is 202 Å². The Morgan fingerprint density at radius 1 is 1.03 bits per heavy atom. The lowest BCUT2D eigenvalue weighted by atomic mass is 9.85. The molecule has 7 nitrogen and oxygen atoms in total. The van der Waals surface area contributed by atoms with E-state index in [1.54, 1.807) is 26.3 Å². The van der Waals surface area contributed by atoms with Crippen molar-refractivity contribution in [3.63, 3.8) is 0 Å². The Bertz CT molecular complexity index is 1080. The van der Waals surface area contributed by atoms with Gasteiger partial charge in [-0.05, 0) is 55.0 Å². The zero-order chi connectivity index (χ0) is 25.6. The Kier molecular flexibility index (Phi) is 8.85. The van der Waals surface area contributed by atoms with Crippen molar-refractivity contribution < 1.29 is 19.1 Å². The average molecular weight is 468 g/mol. The van der Waals surface area contributed by atoms with Crippen LogP contribution < -0.4 is 20.7 Å². The van der Waals surface area contributed by atoms with Gasteiger partial charge in [0.05, 0.1) is 13.7 Å². The van der Waals surface area contributed by atoms with Crippen molar-refractivity contribution in [2.75, 3.05) is 31.3 Å². The third-order valence-electron chi connectivity index (χ3n) is 5.69. The van der Waals surface area contributed by atoms with Crippen LogP contribution in [0.15, 0.2) is 24.3 Å². The maximum atomic E-state index is 12.9. The lowest BCUT2D eigenvalue weighted by molar-refractivity contribution is -0.114. The Morgan fingerprint density at radius 2 is 1.71 bits per heavy atom. The van der Waals surface area contributed by atoms with Crippen LogP contribution >= 0.6 is 0 Å². The standard InChI is InChI=1S/C27H37N3O4/c1-9-10-22(31)24-17(3)25(34-8)16(2)13-21(24)29-15-23(32)30-20-14-18(26(33)28-7)11-12-19(20)27(4,5)6/h11-14,29H,9-10,15H2,1-8H3,(H,28,33)(H,30,32). The molecule has 0 radical (unpaired) electrons. The summed E-state index contributed by atoms with van der Waals surface area (Å²) in [6, 6.07) is 7.15. The molecule has 0 saturated heterocycles. The molecule has 2 amide bonds. The van der Waals surface area contributed by atoms with Crippen LogP contribution in [0.25, 0.3) is 0 Å². The Balaban J connectivity index is 2.34. The Hall–Kier alpha value is -3.35. The molecule has 0 aromatic heterocycles. The maximum absolute atomic E-state index is 12.9. The molecule has 0 spiro atoms. The van der Waals surface area contributed by atoms with Crippen molar-refractivity contribution >= 4 is 29.0 Å². The van der Waals surface area contributed by atoms with Gasteiger partial charge < -0.3 is 20.7 Å². The number of ether oxygens (including phenoxy) is 1. The van der Waals surface area contributed by atoms with E-state index in [9.17, 15) is 14.4 Å². The predicted molar refractivity (Wildman–Crippen MR) is 137 cm³/mol. The number of benzene rings is 2. The van der Waals surface area contributed by atoms with Crippen LogP contribution in [0.5, 0.6) is 5.75 Å². The summed E-state index contributed by atoms with van der Waals surface area (Å²) in [6.07, 6.45) is 1.14. The first kappa shape index (κ1) is 26.9. The molecule has 0 bridgehead atoms. The van der Waals surface area contributed by atoms with Gasteiger partial charge in [0.1, 0.15) is 5.75 Å². The molecule has 2 aromatic carbocycles. The summed E-state index contributed by atoms with van der Waals surface area (Å²) in [5.74, 6) is 0.182. The summed E-state index contributed by atoms with van der Waals surface area (Å²) in [7, 11) is 3.15. The zero-order valence-electron chi connectivity index (χ0n) is 21.6. The van der Waals surface area contributed by atoms with E-state index in [1.807, 2.05) is 53.7 Å². The summed E-state index contributed by atoms with van der Waals surface area (Å²) >= 11 is 0. The number of amides is 2. The van der Waals surface area contributed by atoms with Crippen molar-refractivity contribution in [2.24, 2.45) is 0 Å². The second-order valence-corrected chi connectivity index (χ2v) is 9.44. The summed E-state index contributed by atoms with van der Waals surface area (Å²) in [5.41, 5.74) is 4.54. The molecule has 3 N–H and O–H groups in total. The van der Waals surface area contributed by atoms with Crippen LogP contribution in [0.4, 0.5) is 11.4 Å². The van der Waals surface area contributed by atoms with Crippen LogP contribution in [-0.4, -0.2) is 38.3 Å². The number of ketones is 1. The highest BCUT2D eigenvalue weighted by molar-refractivity contribution is 6.04. The molecule has 0 unspecified atom stereocenters. The summed E-state index contributed by atoms with van der Waals surface area (Å²) in [6.45, 7) is 11.8. The van der Waals surface area contributed by atoms with E-state index in [0.717, 1.165) is 23.1 Å². The van der Waals surface area contributed by atoms with Crippen molar-refractivity contribution in [1.82, 2.24) is 5.32 Å². The molecule has 0 aliphatic heterocycles. The molecule has 0 saturated carbocycles. The van der Waals surface area contributed by atoms with Crippen LogP contribution in [0.2, 0.25) is 0 Å². The van der Waals surface area contributed by atoms with Gasteiger partial charge in [0, 0.05) is 41.5 Å². The van der Waals surface area contributed by atoms with Gasteiger partial charge in [-0.2, -0.15) is 0 Å². The minimum absolute atomic E-state index is 0.00880. The quantitative estimate of drug-likeness (QED) is 0.451. The first-order chi connectivity index (χ1) is 15.9. The normalized spacial score (nSPS) is 11.1. The lowest BCUT2D eigenvalue weighted by Gasteiger charge is -2.24. The van der Waals surface area contributed by atoms with E-state index in [4.69, 9.17) is 4.74 Å². The van der Waals surface area contributed by atoms with E-state index in [-0.39, 0.29) is 29.6 Å². The first-order valence-corrected chi connectivity index (χ1v) is 11.6. The third kappa shape index (κ3) is 6.16. The number of Topliss-reactive ketones (excluding diaryl/α,β-unsaturated/α-hetero) is 1. The first-order valence-electron chi connectivity index (χ1n) is 11.6. The fraction of sp³-hybridized carbons (Fsp3) is 0.444. The molecule has 0 fully saturated rings. The molecule has 34 heavy (non-hydrogen) atoms. The van der Waals surface area contributed by atoms with E-state index in [2.05, 4.69) is 16.0 Å². The number of hydrogen-bond donors (Lipinski definition) is 3. The molecular formula is C27H37N3O4. The van der Waals surface area contributed by atoms with Gasteiger partial charge in [0.25, 0.3) is 5.91 Å².